The van der Waals surface area contributed by atoms with Crippen LogP contribution < -0.4 is 10.0 Å². The van der Waals surface area contributed by atoms with Crippen LogP contribution in [0.4, 0.5) is 5.13 Å². The fourth-order valence-electron chi connectivity index (χ4n) is 1.68. The highest BCUT2D eigenvalue weighted by atomic mass is 32.2. The Morgan fingerprint density at radius 2 is 2.00 bits per heavy atom. The maximum absolute atomic E-state index is 12.0. The topological polar surface area (TPSA) is 74.3 Å². The molecule has 0 saturated carbocycles. The van der Waals surface area contributed by atoms with Gasteiger partial charge in [-0.25, -0.2) is 9.71 Å². The molecule has 0 spiro atoms. The number of rotatable bonds is 8. The summed E-state index contributed by atoms with van der Waals surface area (Å²) >= 11 is 1.30. The first-order valence-corrected chi connectivity index (χ1v) is 8.73. The van der Waals surface area contributed by atoms with Gasteiger partial charge in [-0.15, -0.1) is 11.3 Å². The SMILES string of the molecule is CCNC(C)c1csc(NS(=O)(=O)N(CC)CC)n1. The minimum atomic E-state index is -3.49. The van der Waals surface area contributed by atoms with Gasteiger partial charge in [0.1, 0.15) is 0 Å². The molecule has 1 rings (SSSR count). The zero-order valence-electron chi connectivity index (χ0n) is 11.8. The van der Waals surface area contributed by atoms with E-state index >= 15 is 0 Å². The number of hydrogen-bond acceptors (Lipinski definition) is 5. The lowest BCUT2D eigenvalue weighted by Crippen LogP contribution is -2.35. The average molecular weight is 306 g/mol. The van der Waals surface area contributed by atoms with E-state index in [2.05, 4.69) is 15.0 Å². The van der Waals surface area contributed by atoms with Crippen LogP contribution in [0.5, 0.6) is 0 Å². The summed E-state index contributed by atoms with van der Waals surface area (Å²) in [7, 11) is -3.49. The lowest BCUT2D eigenvalue weighted by molar-refractivity contribution is 0.449. The molecule has 6 nitrogen and oxygen atoms in total. The van der Waals surface area contributed by atoms with Gasteiger partial charge in [0.2, 0.25) is 0 Å². The second-order valence-electron chi connectivity index (χ2n) is 4.05. The Morgan fingerprint density at radius 3 is 2.53 bits per heavy atom. The van der Waals surface area contributed by atoms with Crippen molar-refractivity contribution in [2.75, 3.05) is 24.4 Å². The van der Waals surface area contributed by atoms with E-state index in [0.29, 0.717) is 18.2 Å². The Balaban J connectivity index is 2.78. The summed E-state index contributed by atoms with van der Waals surface area (Å²) in [5.74, 6) is 0. The number of aromatic nitrogens is 1. The van der Waals surface area contributed by atoms with Gasteiger partial charge >= 0.3 is 10.2 Å². The van der Waals surface area contributed by atoms with Gasteiger partial charge in [0, 0.05) is 24.5 Å². The van der Waals surface area contributed by atoms with Crippen LogP contribution in [0, 0.1) is 0 Å². The Kier molecular flexibility index (Phi) is 6.18. The molecule has 0 aliphatic rings. The molecule has 0 aliphatic heterocycles. The van der Waals surface area contributed by atoms with Crippen LogP contribution in [0.2, 0.25) is 0 Å². The highest BCUT2D eigenvalue weighted by molar-refractivity contribution is 7.90. The van der Waals surface area contributed by atoms with Crippen molar-refractivity contribution in [3.8, 4) is 0 Å². The van der Waals surface area contributed by atoms with Gasteiger partial charge in [0.25, 0.3) is 0 Å². The second-order valence-corrected chi connectivity index (χ2v) is 6.58. The van der Waals surface area contributed by atoms with Crippen molar-refractivity contribution in [1.29, 1.82) is 0 Å². The fourth-order valence-corrected chi connectivity index (χ4v) is 3.91. The summed E-state index contributed by atoms with van der Waals surface area (Å²) in [6, 6.07) is 0.118. The van der Waals surface area contributed by atoms with E-state index in [-0.39, 0.29) is 6.04 Å². The fraction of sp³-hybridized carbons (Fsp3) is 0.727. The molecule has 0 radical (unpaired) electrons. The summed E-state index contributed by atoms with van der Waals surface area (Å²) in [5, 5.41) is 5.52. The monoisotopic (exact) mass is 306 g/mol. The van der Waals surface area contributed by atoms with E-state index in [1.54, 1.807) is 0 Å². The Hall–Kier alpha value is -0.700. The molecular weight excluding hydrogens is 284 g/mol. The van der Waals surface area contributed by atoms with Crippen molar-refractivity contribution in [3.05, 3.63) is 11.1 Å². The van der Waals surface area contributed by atoms with E-state index in [4.69, 9.17) is 0 Å². The standard InChI is InChI=1S/C11H22N4O2S2/c1-5-12-9(4)10-8-18-11(13-10)14-19(16,17)15(6-2)7-3/h8-9,12H,5-7H2,1-4H3,(H,13,14). The van der Waals surface area contributed by atoms with Crippen molar-refractivity contribution in [1.82, 2.24) is 14.6 Å². The van der Waals surface area contributed by atoms with Crippen LogP contribution in [-0.2, 0) is 10.2 Å². The molecule has 1 unspecified atom stereocenters. The number of anilines is 1. The molecule has 0 amide bonds. The minimum absolute atomic E-state index is 0.118. The van der Waals surface area contributed by atoms with Crippen molar-refractivity contribution < 1.29 is 8.42 Å². The van der Waals surface area contributed by atoms with Gasteiger partial charge in [0.05, 0.1) is 5.69 Å². The van der Waals surface area contributed by atoms with Crippen LogP contribution in [0.3, 0.4) is 0 Å². The third kappa shape index (κ3) is 4.41. The first-order valence-electron chi connectivity index (χ1n) is 6.41. The highest BCUT2D eigenvalue weighted by Crippen LogP contribution is 2.22. The lowest BCUT2D eigenvalue weighted by Gasteiger charge is -2.18. The average Bonchev–Trinajstić information content (AvgIpc) is 2.78. The van der Waals surface area contributed by atoms with E-state index in [1.165, 1.54) is 15.6 Å². The summed E-state index contributed by atoms with van der Waals surface area (Å²) < 4.78 is 27.9. The molecule has 2 N–H and O–H groups in total. The molecular formula is C11H22N4O2S2. The number of thiazole rings is 1. The maximum atomic E-state index is 12.0. The summed E-state index contributed by atoms with van der Waals surface area (Å²) in [4.78, 5) is 4.30. The summed E-state index contributed by atoms with van der Waals surface area (Å²) in [6.45, 7) is 9.37. The highest BCUT2D eigenvalue weighted by Gasteiger charge is 2.20. The molecule has 8 heteroatoms. The smallest absolute Gasteiger partial charge is 0.303 e. The predicted molar refractivity (Wildman–Crippen MR) is 79.7 cm³/mol. The van der Waals surface area contributed by atoms with Crippen molar-refractivity contribution >= 4 is 26.7 Å². The predicted octanol–water partition coefficient (Wildman–Crippen LogP) is 1.81. The summed E-state index contributed by atoms with van der Waals surface area (Å²) in [5.41, 5.74) is 0.851. The van der Waals surface area contributed by atoms with Gasteiger partial charge in [-0.3, -0.25) is 0 Å². The first-order chi connectivity index (χ1) is 8.94. The number of hydrogen-bond donors (Lipinski definition) is 2. The molecule has 1 heterocycles. The quantitative estimate of drug-likeness (QED) is 0.768. The van der Waals surface area contributed by atoms with Gasteiger partial charge in [-0.05, 0) is 13.5 Å². The van der Waals surface area contributed by atoms with Crippen molar-refractivity contribution in [2.24, 2.45) is 0 Å². The number of nitrogens with one attached hydrogen (secondary N) is 2. The van der Waals surface area contributed by atoms with Crippen LogP contribution in [-0.4, -0.2) is 37.3 Å². The van der Waals surface area contributed by atoms with Crippen LogP contribution in [0.1, 0.15) is 39.4 Å². The lowest BCUT2D eigenvalue weighted by atomic mass is 10.3. The minimum Gasteiger partial charge on any atom is -0.309 e. The first kappa shape index (κ1) is 16.4. The molecule has 0 saturated heterocycles. The molecule has 0 bridgehead atoms. The van der Waals surface area contributed by atoms with Crippen LogP contribution >= 0.6 is 11.3 Å². The van der Waals surface area contributed by atoms with Gasteiger partial charge in [-0.2, -0.15) is 12.7 Å². The van der Waals surface area contributed by atoms with Gasteiger partial charge in [0.15, 0.2) is 5.13 Å². The van der Waals surface area contributed by atoms with Crippen LogP contribution in [0.15, 0.2) is 5.38 Å². The Morgan fingerprint density at radius 1 is 1.37 bits per heavy atom. The number of nitrogens with zero attached hydrogens (tertiary/aromatic N) is 2. The van der Waals surface area contributed by atoms with Gasteiger partial charge in [-0.1, -0.05) is 20.8 Å². The molecule has 0 aromatic carbocycles. The van der Waals surface area contributed by atoms with Crippen molar-refractivity contribution in [2.45, 2.75) is 33.7 Å². The molecule has 110 valence electrons. The van der Waals surface area contributed by atoms with Gasteiger partial charge < -0.3 is 5.32 Å². The largest absolute Gasteiger partial charge is 0.309 e. The third-order valence-electron chi connectivity index (χ3n) is 2.74. The molecule has 0 aliphatic carbocycles. The molecule has 1 aromatic heterocycles. The molecule has 0 fully saturated rings. The normalized spacial score (nSPS) is 13.7. The Labute approximate surface area is 119 Å². The molecule has 19 heavy (non-hydrogen) atoms. The van der Waals surface area contributed by atoms with E-state index < -0.39 is 10.2 Å². The van der Waals surface area contributed by atoms with E-state index in [1.807, 2.05) is 33.1 Å². The summed E-state index contributed by atoms with van der Waals surface area (Å²) in [6.07, 6.45) is 0. The Bertz CT molecular complexity index is 483. The molecule has 1 aromatic rings. The van der Waals surface area contributed by atoms with Crippen molar-refractivity contribution in [3.63, 3.8) is 0 Å². The molecule has 1 atom stereocenters. The second kappa shape index (κ2) is 7.18. The van der Waals surface area contributed by atoms with E-state index in [9.17, 15) is 8.42 Å². The zero-order chi connectivity index (χ0) is 14.5. The zero-order valence-corrected chi connectivity index (χ0v) is 13.4. The maximum Gasteiger partial charge on any atom is 0.303 e. The third-order valence-corrected chi connectivity index (χ3v) is 5.29. The van der Waals surface area contributed by atoms with E-state index in [0.717, 1.165) is 12.2 Å². The van der Waals surface area contributed by atoms with Crippen LogP contribution in [0.25, 0.3) is 0 Å².